The van der Waals surface area contributed by atoms with Gasteiger partial charge in [-0.15, -0.1) is 0 Å². The first-order valence-corrected chi connectivity index (χ1v) is 8.05. The van der Waals surface area contributed by atoms with Crippen molar-refractivity contribution in [3.05, 3.63) is 45.1 Å². The van der Waals surface area contributed by atoms with Crippen molar-refractivity contribution in [1.82, 2.24) is 14.9 Å². The Labute approximate surface area is 139 Å². The lowest BCUT2D eigenvalue weighted by molar-refractivity contribution is 0.236. The third kappa shape index (κ3) is 3.21. The van der Waals surface area contributed by atoms with Crippen molar-refractivity contribution >= 4 is 0 Å². The minimum atomic E-state index is -0.349. The molecule has 0 spiro atoms. The van der Waals surface area contributed by atoms with Gasteiger partial charge < -0.3 is 20.3 Å². The van der Waals surface area contributed by atoms with Gasteiger partial charge in [-0.2, -0.15) is 0 Å². The molecular formula is C17H21N3O4. The van der Waals surface area contributed by atoms with Crippen molar-refractivity contribution in [2.24, 2.45) is 0 Å². The number of aromatic hydroxyl groups is 3. The lowest BCUT2D eigenvalue weighted by Gasteiger charge is -2.28. The number of benzene rings is 1. The zero-order valence-electron chi connectivity index (χ0n) is 13.5. The molecule has 0 amide bonds. The molecule has 0 bridgehead atoms. The van der Waals surface area contributed by atoms with Crippen LogP contribution in [0.3, 0.4) is 0 Å². The van der Waals surface area contributed by atoms with Crippen LogP contribution in [0.5, 0.6) is 17.2 Å². The number of fused-ring (bicyclic) bond motifs is 1. The number of aromatic nitrogens is 2. The number of nitrogens with one attached hydrogen (secondary N) is 1. The number of aryl methyl sites for hydroxylation is 1. The molecule has 2 heterocycles. The quantitative estimate of drug-likeness (QED) is 0.498. The predicted octanol–water partition coefficient (Wildman–Crippen LogP) is 1.40. The van der Waals surface area contributed by atoms with Gasteiger partial charge in [0, 0.05) is 43.2 Å². The predicted molar refractivity (Wildman–Crippen MR) is 88.1 cm³/mol. The normalized spacial score (nSPS) is 14.5. The zero-order chi connectivity index (χ0) is 17.3. The second kappa shape index (κ2) is 6.52. The topological polar surface area (TPSA) is 110 Å². The average molecular weight is 331 g/mol. The Bertz CT molecular complexity index is 816. The number of phenols is 3. The molecule has 0 aliphatic carbocycles. The zero-order valence-corrected chi connectivity index (χ0v) is 13.5. The maximum Gasteiger partial charge on any atom is 0.254 e. The van der Waals surface area contributed by atoms with E-state index in [1.54, 1.807) is 0 Å². The van der Waals surface area contributed by atoms with Gasteiger partial charge >= 0.3 is 0 Å². The second-order valence-electron chi connectivity index (χ2n) is 6.12. The highest BCUT2D eigenvalue weighted by atomic mass is 16.3. The molecule has 4 N–H and O–H groups in total. The average Bonchev–Trinajstić information content (AvgIpc) is 2.52. The van der Waals surface area contributed by atoms with Gasteiger partial charge in [-0.25, -0.2) is 4.98 Å². The number of aromatic amines is 1. The molecule has 0 unspecified atom stereocenters. The highest BCUT2D eigenvalue weighted by Gasteiger charge is 2.22. The molecule has 1 aromatic heterocycles. The summed E-state index contributed by atoms with van der Waals surface area (Å²) >= 11 is 0. The van der Waals surface area contributed by atoms with E-state index in [1.807, 2.05) is 6.92 Å². The van der Waals surface area contributed by atoms with Crippen LogP contribution in [0.2, 0.25) is 0 Å². The second-order valence-corrected chi connectivity index (χ2v) is 6.12. The summed E-state index contributed by atoms with van der Waals surface area (Å²) in [6, 6.07) is 2.48. The number of hydrogen-bond donors (Lipinski definition) is 4. The van der Waals surface area contributed by atoms with Crippen LogP contribution in [0.15, 0.2) is 16.9 Å². The third-order valence-electron chi connectivity index (χ3n) is 4.26. The van der Waals surface area contributed by atoms with Crippen molar-refractivity contribution in [3.63, 3.8) is 0 Å². The number of rotatable bonds is 4. The fourth-order valence-electron chi connectivity index (χ4n) is 3.01. The maximum absolute atomic E-state index is 12.1. The minimum absolute atomic E-state index is 0.0618. The summed E-state index contributed by atoms with van der Waals surface area (Å²) in [5, 5.41) is 28.9. The Morgan fingerprint density at radius 1 is 1.21 bits per heavy atom. The molecule has 2 aromatic rings. The van der Waals surface area contributed by atoms with Crippen LogP contribution in [0.4, 0.5) is 0 Å². The molecule has 1 aliphatic rings. The van der Waals surface area contributed by atoms with E-state index >= 15 is 0 Å². The van der Waals surface area contributed by atoms with Gasteiger partial charge in [-0.3, -0.25) is 9.69 Å². The number of H-pyrrole nitrogens is 1. The Kier molecular flexibility index (Phi) is 4.44. The number of hydrogen-bond acceptors (Lipinski definition) is 6. The summed E-state index contributed by atoms with van der Waals surface area (Å²) in [4.78, 5) is 21.6. The van der Waals surface area contributed by atoms with Gasteiger partial charge in [0.05, 0.1) is 5.69 Å². The first-order valence-electron chi connectivity index (χ1n) is 8.05. The smallest absolute Gasteiger partial charge is 0.254 e. The van der Waals surface area contributed by atoms with Crippen molar-refractivity contribution in [2.45, 2.75) is 39.3 Å². The van der Waals surface area contributed by atoms with E-state index in [1.165, 1.54) is 6.07 Å². The fourth-order valence-corrected chi connectivity index (χ4v) is 3.01. The Morgan fingerprint density at radius 2 is 1.96 bits per heavy atom. The molecule has 3 rings (SSSR count). The fraction of sp³-hybridized carbons (Fsp3) is 0.412. The van der Waals surface area contributed by atoms with E-state index in [-0.39, 0.29) is 22.8 Å². The largest absolute Gasteiger partial charge is 0.507 e. The molecular weight excluding hydrogens is 310 g/mol. The van der Waals surface area contributed by atoms with E-state index in [0.29, 0.717) is 37.4 Å². The third-order valence-corrected chi connectivity index (χ3v) is 4.26. The molecule has 128 valence electrons. The number of phenolic OH excluding ortho intramolecular Hbond substituents is 3. The SMILES string of the molecule is CCCc1nc2c(c(=O)[nH]1)CCN(Cc1cc(O)c(O)cc1O)C2. The first-order chi connectivity index (χ1) is 11.5. The van der Waals surface area contributed by atoms with E-state index in [4.69, 9.17) is 0 Å². The molecule has 0 saturated heterocycles. The molecule has 0 atom stereocenters. The van der Waals surface area contributed by atoms with E-state index in [9.17, 15) is 20.1 Å². The van der Waals surface area contributed by atoms with Crippen LogP contribution in [0.25, 0.3) is 0 Å². The first kappa shape index (κ1) is 16.3. The summed E-state index contributed by atoms with van der Waals surface area (Å²) in [5.41, 5.74) is 1.96. The summed E-state index contributed by atoms with van der Waals surface area (Å²) in [7, 11) is 0. The van der Waals surface area contributed by atoms with Crippen LogP contribution < -0.4 is 5.56 Å². The van der Waals surface area contributed by atoms with E-state index < -0.39 is 0 Å². The van der Waals surface area contributed by atoms with Crippen LogP contribution in [0.1, 0.15) is 36.0 Å². The Hall–Kier alpha value is -2.54. The van der Waals surface area contributed by atoms with Crippen molar-refractivity contribution < 1.29 is 15.3 Å². The Morgan fingerprint density at radius 3 is 2.71 bits per heavy atom. The Balaban J connectivity index is 1.82. The van der Waals surface area contributed by atoms with Crippen molar-refractivity contribution in [3.8, 4) is 17.2 Å². The maximum atomic E-state index is 12.1. The minimum Gasteiger partial charge on any atom is -0.507 e. The summed E-state index contributed by atoms with van der Waals surface area (Å²) in [6.07, 6.45) is 2.23. The summed E-state index contributed by atoms with van der Waals surface area (Å²) in [6.45, 7) is 3.60. The molecule has 7 heteroatoms. The molecule has 0 radical (unpaired) electrons. The van der Waals surface area contributed by atoms with Gasteiger partial charge in [0.2, 0.25) is 0 Å². The van der Waals surface area contributed by atoms with Gasteiger partial charge in [0.25, 0.3) is 5.56 Å². The van der Waals surface area contributed by atoms with Crippen LogP contribution in [-0.4, -0.2) is 36.7 Å². The summed E-state index contributed by atoms with van der Waals surface area (Å²) in [5.74, 6) is 0.0209. The number of nitrogens with zero attached hydrogens (tertiary/aromatic N) is 2. The highest BCUT2D eigenvalue weighted by molar-refractivity contribution is 5.48. The van der Waals surface area contributed by atoms with Crippen LogP contribution in [-0.2, 0) is 25.9 Å². The molecule has 7 nitrogen and oxygen atoms in total. The lowest BCUT2D eigenvalue weighted by atomic mass is 10.0. The molecule has 24 heavy (non-hydrogen) atoms. The van der Waals surface area contributed by atoms with Crippen molar-refractivity contribution in [2.75, 3.05) is 6.54 Å². The van der Waals surface area contributed by atoms with Gasteiger partial charge in [-0.1, -0.05) is 6.92 Å². The van der Waals surface area contributed by atoms with Crippen molar-refractivity contribution in [1.29, 1.82) is 0 Å². The molecule has 1 aromatic carbocycles. The highest BCUT2D eigenvalue weighted by Crippen LogP contribution is 2.33. The molecule has 1 aliphatic heterocycles. The van der Waals surface area contributed by atoms with Crippen LogP contribution >= 0.6 is 0 Å². The van der Waals surface area contributed by atoms with Gasteiger partial charge in [-0.05, 0) is 18.9 Å². The lowest BCUT2D eigenvalue weighted by Crippen LogP contribution is -2.35. The monoisotopic (exact) mass is 331 g/mol. The summed E-state index contributed by atoms with van der Waals surface area (Å²) < 4.78 is 0. The molecule has 0 saturated carbocycles. The van der Waals surface area contributed by atoms with E-state index in [2.05, 4.69) is 14.9 Å². The van der Waals surface area contributed by atoms with Gasteiger partial charge in [0.15, 0.2) is 11.5 Å². The molecule has 0 fully saturated rings. The van der Waals surface area contributed by atoms with Crippen LogP contribution in [0, 0.1) is 0 Å². The van der Waals surface area contributed by atoms with Gasteiger partial charge in [0.1, 0.15) is 11.6 Å². The van der Waals surface area contributed by atoms with E-state index in [0.717, 1.165) is 30.2 Å². The standard InChI is InChI=1S/C17H21N3O4/c1-2-3-16-18-12-9-20(5-4-11(12)17(24)19-16)8-10-6-14(22)15(23)7-13(10)21/h6-7,21-23H,2-5,8-9H2,1H3,(H,18,19,24).